The SMILES string of the molecule is CC(C)[C@H](NC(=O)C(C)(F)F)[C@H](Oc1ccc2c(c1)nnn2-c1cnn(C)c1)c1ccccc1. The third-order valence-electron chi connectivity index (χ3n) is 5.48. The Morgan fingerprint density at radius 3 is 2.50 bits per heavy atom. The lowest BCUT2D eigenvalue weighted by atomic mass is 9.92. The molecule has 0 spiro atoms. The first-order valence-electron chi connectivity index (χ1n) is 10.9. The van der Waals surface area contributed by atoms with Crippen molar-refractivity contribution in [3.05, 3.63) is 66.5 Å². The molecule has 4 rings (SSSR count). The van der Waals surface area contributed by atoms with E-state index >= 15 is 0 Å². The summed E-state index contributed by atoms with van der Waals surface area (Å²) in [6.07, 6.45) is 2.80. The largest absolute Gasteiger partial charge is 0.483 e. The Hall–Kier alpha value is -3.82. The number of hydrogen-bond acceptors (Lipinski definition) is 5. The van der Waals surface area contributed by atoms with Gasteiger partial charge < -0.3 is 10.1 Å². The Morgan fingerprint density at radius 2 is 1.88 bits per heavy atom. The molecule has 2 aromatic heterocycles. The number of hydrogen-bond donors (Lipinski definition) is 1. The molecule has 10 heteroatoms. The third kappa shape index (κ3) is 4.90. The van der Waals surface area contributed by atoms with Gasteiger partial charge >= 0.3 is 5.92 Å². The Morgan fingerprint density at radius 1 is 1.15 bits per heavy atom. The second-order valence-electron chi connectivity index (χ2n) is 8.60. The number of amides is 1. The van der Waals surface area contributed by atoms with Gasteiger partial charge in [0, 0.05) is 20.0 Å². The molecule has 0 saturated heterocycles. The molecule has 2 atom stereocenters. The smallest absolute Gasteiger partial charge is 0.321 e. The Balaban J connectivity index is 1.68. The van der Waals surface area contributed by atoms with Crippen LogP contribution in [0, 0.1) is 5.92 Å². The zero-order valence-corrected chi connectivity index (χ0v) is 19.3. The molecule has 4 aromatic rings. The summed E-state index contributed by atoms with van der Waals surface area (Å²) in [5, 5.41) is 15.1. The number of ether oxygens (including phenoxy) is 1. The van der Waals surface area contributed by atoms with Crippen LogP contribution in [-0.4, -0.2) is 42.6 Å². The molecule has 2 aromatic carbocycles. The van der Waals surface area contributed by atoms with E-state index in [0.717, 1.165) is 16.8 Å². The van der Waals surface area contributed by atoms with Gasteiger partial charge in [-0.25, -0.2) is 4.68 Å². The highest BCUT2D eigenvalue weighted by molar-refractivity contribution is 5.83. The van der Waals surface area contributed by atoms with Gasteiger partial charge in [0.25, 0.3) is 5.91 Å². The summed E-state index contributed by atoms with van der Waals surface area (Å²) >= 11 is 0. The van der Waals surface area contributed by atoms with Crippen LogP contribution in [0.15, 0.2) is 60.9 Å². The maximum Gasteiger partial charge on any atom is 0.321 e. The molecule has 34 heavy (non-hydrogen) atoms. The fourth-order valence-corrected chi connectivity index (χ4v) is 3.69. The van der Waals surface area contributed by atoms with Gasteiger partial charge in [0.1, 0.15) is 23.1 Å². The van der Waals surface area contributed by atoms with Gasteiger partial charge in [-0.15, -0.1) is 5.10 Å². The molecule has 0 aliphatic rings. The molecular formula is C24H26F2N6O2. The summed E-state index contributed by atoms with van der Waals surface area (Å²) in [6, 6.07) is 13.8. The van der Waals surface area contributed by atoms with E-state index in [1.807, 2.05) is 63.5 Å². The molecule has 2 heterocycles. The van der Waals surface area contributed by atoms with E-state index in [4.69, 9.17) is 4.74 Å². The fraction of sp³-hybridized carbons (Fsp3) is 0.333. The predicted octanol–water partition coefficient (Wildman–Crippen LogP) is 4.07. The van der Waals surface area contributed by atoms with Gasteiger partial charge in [0.2, 0.25) is 0 Å². The molecule has 0 aliphatic carbocycles. The van der Waals surface area contributed by atoms with Crippen molar-refractivity contribution in [2.24, 2.45) is 13.0 Å². The normalized spacial score (nSPS) is 13.7. The van der Waals surface area contributed by atoms with E-state index in [2.05, 4.69) is 20.7 Å². The van der Waals surface area contributed by atoms with E-state index in [9.17, 15) is 13.6 Å². The van der Waals surface area contributed by atoms with Crippen LogP contribution in [0.5, 0.6) is 5.75 Å². The number of benzene rings is 2. The Labute approximate surface area is 195 Å². The summed E-state index contributed by atoms with van der Waals surface area (Å²) in [7, 11) is 1.82. The van der Waals surface area contributed by atoms with Crippen LogP contribution < -0.4 is 10.1 Å². The van der Waals surface area contributed by atoms with Gasteiger partial charge in [-0.05, 0) is 23.6 Å². The first-order valence-corrected chi connectivity index (χ1v) is 10.9. The van der Waals surface area contributed by atoms with Crippen molar-refractivity contribution in [2.75, 3.05) is 0 Å². The maximum atomic E-state index is 13.7. The molecule has 0 fully saturated rings. The zero-order valence-electron chi connectivity index (χ0n) is 19.3. The third-order valence-corrected chi connectivity index (χ3v) is 5.48. The second-order valence-corrected chi connectivity index (χ2v) is 8.60. The van der Waals surface area contributed by atoms with Gasteiger partial charge in [-0.3, -0.25) is 9.48 Å². The molecule has 0 radical (unpaired) electrons. The van der Waals surface area contributed by atoms with Crippen LogP contribution in [-0.2, 0) is 11.8 Å². The van der Waals surface area contributed by atoms with Crippen LogP contribution in [0.1, 0.15) is 32.4 Å². The van der Waals surface area contributed by atoms with E-state index in [1.54, 1.807) is 27.7 Å². The number of halogens is 2. The molecular weight excluding hydrogens is 442 g/mol. The lowest BCUT2D eigenvalue weighted by Crippen LogP contribution is -2.49. The summed E-state index contributed by atoms with van der Waals surface area (Å²) in [4.78, 5) is 12.1. The van der Waals surface area contributed by atoms with E-state index < -0.39 is 24.0 Å². The highest BCUT2D eigenvalue weighted by Gasteiger charge is 2.37. The van der Waals surface area contributed by atoms with Crippen LogP contribution in [0.25, 0.3) is 16.7 Å². The number of nitrogens with one attached hydrogen (secondary N) is 1. The molecule has 1 amide bonds. The lowest BCUT2D eigenvalue weighted by molar-refractivity contribution is -0.145. The first-order chi connectivity index (χ1) is 16.1. The number of aryl methyl sites for hydroxylation is 1. The highest BCUT2D eigenvalue weighted by atomic mass is 19.3. The van der Waals surface area contributed by atoms with Crippen LogP contribution in [0.4, 0.5) is 8.78 Å². The summed E-state index contributed by atoms with van der Waals surface area (Å²) < 4.78 is 37.0. The Bertz CT molecular complexity index is 1280. The highest BCUT2D eigenvalue weighted by Crippen LogP contribution is 2.31. The summed E-state index contributed by atoms with van der Waals surface area (Å²) in [5.41, 5.74) is 2.87. The number of fused-ring (bicyclic) bond motifs is 1. The number of aromatic nitrogens is 5. The quantitative estimate of drug-likeness (QED) is 0.421. The summed E-state index contributed by atoms with van der Waals surface area (Å²) in [5.74, 6) is -4.56. The average molecular weight is 469 g/mol. The molecule has 8 nitrogen and oxygen atoms in total. The van der Waals surface area contributed by atoms with Crippen molar-refractivity contribution in [1.82, 2.24) is 30.1 Å². The first kappa shape index (κ1) is 23.3. The predicted molar refractivity (Wildman–Crippen MR) is 123 cm³/mol. The lowest BCUT2D eigenvalue weighted by Gasteiger charge is -2.32. The number of carbonyl (C=O) groups excluding carboxylic acids is 1. The molecule has 178 valence electrons. The van der Waals surface area contributed by atoms with Crippen molar-refractivity contribution < 1.29 is 18.3 Å². The van der Waals surface area contributed by atoms with Crippen molar-refractivity contribution in [3.8, 4) is 11.4 Å². The van der Waals surface area contributed by atoms with E-state index in [-0.39, 0.29) is 5.92 Å². The van der Waals surface area contributed by atoms with Gasteiger partial charge in [-0.1, -0.05) is 49.4 Å². The van der Waals surface area contributed by atoms with Gasteiger partial charge in [-0.2, -0.15) is 13.9 Å². The monoisotopic (exact) mass is 468 g/mol. The minimum atomic E-state index is -3.50. The minimum Gasteiger partial charge on any atom is -0.483 e. The van der Waals surface area contributed by atoms with E-state index in [0.29, 0.717) is 18.2 Å². The van der Waals surface area contributed by atoms with Crippen molar-refractivity contribution >= 4 is 16.9 Å². The number of rotatable bonds is 8. The van der Waals surface area contributed by atoms with Crippen LogP contribution in [0.2, 0.25) is 0 Å². The molecule has 0 aliphatic heterocycles. The number of alkyl halides is 2. The van der Waals surface area contributed by atoms with Crippen molar-refractivity contribution in [3.63, 3.8) is 0 Å². The topological polar surface area (TPSA) is 86.9 Å². The number of carbonyl (C=O) groups is 1. The minimum absolute atomic E-state index is 0.188. The number of nitrogens with zero attached hydrogens (tertiary/aromatic N) is 5. The van der Waals surface area contributed by atoms with Crippen LogP contribution >= 0.6 is 0 Å². The maximum absolute atomic E-state index is 13.7. The summed E-state index contributed by atoms with van der Waals surface area (Å²) in [6.45, 7) is 4.28. The van der Waals surface area contributed by atoms with Crippen LogP contribution in [0.3, 0.4) is 0 Å². The molecule has 0 unspecified atom stereocenters. The van der Waals surface area contributed by atoms with E-state index in [1.165, 1.54) is 0 Å². The van der Waals surface area contributed by atoms with Crippen molar-refractivity contribution in [1.29, 1.82) is 0 Å². The van der Waals surface area contributed by atoms with Gasteiger partial charge in [0.15, 0.2) is 0 Å². The molecule has 0 saturated carbocycles. The second kappa shape index (κ2) is 9.20. The van der Waals surface area contributed by atoms with Crippen molar-refractivity contribution in [2.45, 2.75) is 38.8 Å². The zero-order chi connectivity index (χ0) is 24.5. The Kier molecular flexibility index (Phi) is 6.32. The molecule has 1 N–H and O–H groups in total. The molecule has 0 bridgehead atoms. The standard InChI is InChI=1S/C24H26F2N6O2/c1-15(2)21(28-23(33)24(3,25)26)22(16-8-6-5-7-9-16)34-18-10-11-20-19(12-18)29-30-32(20)17-13-27-31(4)14-17/h5-15,21-22H,1-4H3,(H,28,33)/t21-,22+/m0/s1. The van der Waals surface area contributed by atoms with Gasteiger partial charge in [0.05, 0.1) is 24.0 Å². The average Bonchev–Trinajstić information content (AvgIpc) is 3.41. The fourth-order valence-electron chi connectivity index (χ4n) is 3.69.